The standard InChI is InChI=1S/C16H16ClFN2O2S/c1-11-10-20(15-5-3-2-4-12(15)9-19-11)23(21,22)16-8-13(18)6-7-14(16)17/h2-8,11,19H,9-10H2,1H3. The molecule has 2 aromatic rings. The molecule has 0 spiro atoms. The lowest BCUT2D eigenvalue weighted by atomic mass is 10.2. The zero-order valence-corrected chi connectivity index (χ0v) is 14.0. The monoisotopic (exact) mass is 354 g/mol. The van der Waals surface area contributed by atoms with E-state index < -0.39 is 15.8 Å². The highest BCUT2D eigenvalue weighted by atomic mass is 35.5. The third-order valence-electron chi connectivity index (χ3n) is 3.80. The minimum Gasteiger partial charge on any atom is -0.308 e. The highest BCUT2D eigenvalue weighted by Gasteiger charge is 2.31. The van der Waals surface area contributed by atoms with Gasteiger partial charge >= 0.3 is 0 Å². The molecule has 0 aromatic heterocycles. The Balaban J connectivity index is 2.17. The van der Waals surface area contributed by atoms with Gasteiger partial charge in [0, 0.05) is 19.1 Å². The van der Waals surface area contributed by atoms with Crippen LogP contribution < -0.4 is 9.62 Å². The molecule has 1 atom stereocenters. The second-order valence-electron chi connectivity index (χ2n) is 5.52. The Hall–Kier alpha value is -1.63. The second kappa shape index (κ2) is 6.11. The number of halogens is 2. The van der Waals surface area contributed by atoms with Crippen molar-refractivity contribution in [1.29, 1.82) is 0 Å². The molecule has 7 heteroatoms. The summed E-state index contributed by atoms with van der Waals surface area (Å²) in [6.45, 7) is 2.72. The van der Waals surface area contributed by atoms with Crippen LogP contribution in [0.5, 0.6) is 0 Å². The first-order valence-corrected chi connectivity index (χ1v) is 9.00. The van der Waals surface area contributed by atoms with E-state index in [9.17, 15) is 12.8 Å². The Kier molecular flexibility index (Phi) is 4.31. The molecular formula is C16H16ClFN2O2S. The van der Waals surface area contributed by atoms with E-state index in [1.165, 1.54) is 10.4 Å². The normalized spacial score (nSPS) is 18.4. The molecular weight excluding hydrogens is 339 g/mol. The average Bonchev–Trinajstić information content (AvgIpc) is 2.70. The maximum Gasteiger partial charge on any atom is 0.265 e. The van der Waals surface area contributed by atoms with Crippen LogP contribution in [0.15, 0.2) is 47.4 Å². The van der Waals surface area contributed by atoms with Gasteiger partial charge in [0.15, 0.2) is 0 Å². The van der Waals surface area contributed by atoms with Crippen molar-refractivity contribution in [2.24, 2.45) is 0 Å². The van der Waals surface area contributed by atoms with Crippen LogP contribution in [0, 0.1) is 5.82 Å². The van der Waals surface area contributed by atoms with E-state index in [-0.39, 0.29) is 22.5 Å². The lowest BCUT2D eigenvalue weighted by Gasteiger charge is -2.26. The SMILES string of the molecule is CC1CN(S(=O)(=O)c2cc(F)ccc2Cl)c2ccccc2CN1. The first-order chi connectivity index (χ1) is 10.9. The first kappa shape index (κ1) is 16.2. The van der Waals surface area contributed by atoms with Gasteiger partial charge in [-0.15, -0.1) is 0 Å². The van der Waals surface area contributed by atoms with Crippen molar-refractivity contribution < 1.29 is 12.8 Å². The summed E-state index contributed by atoms with van der Waals surface area (Å²) < 4.78 is 41.0. The molecule has 0 saturated heterocycles. The smallest absolute Gasteiger partial charge is 0.265 e. The fourth-order valence-corrected chi connectivity index (χ4v) is 4.70. The molecule has 0 saturated carbocycles. The van der Waals surface area contributed by atoms with E-state index in [1.54, 1.807) is 12.1 Å². The van der Waals surface area contributed by atoms with E-state index in [4.69, 9.17) is 11.6 Å². The summed E-state index contributed by atoms with van der Waals surface area (Å²) in [5, 5.41) is 3.28. The highest BCUT2D eigenvalue weighted by Crippen LogP contribution is 2.32. The predicted octanol–water partition coefficient (Wildman–Crippen LogP) is 3.17. The minimum atomic E-state index is -3.96. The summed E-state index contributed by atoms with van der Waals surface area (Å²) in [7, 11) is -3.96. The van der Waals surface area contributed by atoms with Crippen LogP contribution in [0.4, 0.5) is 10.1 Å². The van der Waals surface area contributed by atoms with Crippen LogP contribution in [0.1, 0.15) is 12.5 Å². The quantitative estimate of drug-likeness (QED) is 0.901. The lowest BCUT2D eigenvalue weighted by Crippen LogP contribution is -2.39. The van der Waals surface area contributed by atoms with Crippen molar-refractivity contribution >= 4 is 27.3 Å². The number of hydrogen-bond acceptors (Lipinski definition) is 3. The number of benzene rings is 2. The van der Waals surface area contributed by atoms with Crippen LogP contribution in [0.2, 0.25) is 5.02 Å². The molecule has 23 heavy (non-hydrogen) atoms. The summed E-state index contributed by atoms with van der Waals surface area (Å²) >= 11 is 6.02. The fraction of sp³-hybridized carbons (Fsp3) is 0.250. The number of hydrogen-bond donors (Lipinski definition) is 1. The largest absolute Gasteiger partial charge is 0.308 e. The van der Waals surface area contributed by atoms with Gasteiger partial charge in [-0.05, 0) is 36.8 Å². The molecule has 1 N–H and O–H groups in total. The Morgan fingerprint density at radius 3 is 2.78 bits per heavy atom. The summed E-state index contributed by atoms with van der Waals surface area (Å²) in [4.78, 5) is -0.219. The van der Waals surface area contributed by atoms with Crippen LogP contribution in [-0.2, 0) is 16.6 Å². The fourth-order valence-electron chi connectivity index (χ4n) is 2.62. The van der Waals surface area contributed by atoms with Crippen molar-refractivity contribution in [2.45, 2.75) is 24.4 Å². The molecule has 1 heterocycles. The predicted molar refractivity (Wildman–Crippen MR) is 88.7 cm³/mol. The topological polar surface area (TPSA) is 49.4 Å². The number of rotatable bonds is 2. The van der Waals surface area contributed by atoms with E-state index in [0.717, 1.165) is 17.7 Å². The van der Waals surface area contributed by atoms with Gasteiger partial charge in [-0.1, -0.05) is 29.8 Å². The maximum atomic E-state index is 13.5. The van der Waals surface area contributed by atoms with Gasteiger partial charge in [0.2, 0.25) is 0 Å². The molecule has 1 aliphatic heterocycles. The van der Waals surface area contributed by atoms with Gasteiger partial charge < -0.3 is 5.32 Å². The van der Waals surface area contributed by atoms with Crippen LogP contribution >= 0.6 is 11.6 Å². The van der Waals surface area contributed by atoms with Crippen molar-refractivity contribution in [3.63, 3.8) is 0 Å². The molecule has 4 nitrogen and oxygen atoms in total. The zero-order chi connectivity index (χ0) is 16.6. The van der Waals surface area contributed by atoms with Crippen LogP contribution in [-0.4, -0.2) is 21.0 Å². The number of nitrogens with one attached hydrogen (secondary N) is 1. The molecule has 1 aliphatic rings. The first-order valence-electron chi connectivity index (χ1n) is 7.18. The number of fused-ring (bicyclic) bond motifs is 1. The molecule has 3 rings (SSSR count). The van der Waals surface area contributed by atoms with Gasteiger partial charge in [-0.2, -0.15) is 0 Å². The highest BCUT2D eigenvalue weighted by molar-refractivity contribution is 7.93. The molecule has 1 unspecified atom stereocenters. The molecule has 122 valence electrons. The van der Waals surface area contributed by atoms with Crippen molar-refractivity contribution in [2.75, 3.05) is 10.8 Å². The number of anilines is 1. The van der Waals surface area contributed by atoms with Crippen LogP contribution in [0.3, 0.4) is 0 Å². The second-order valence-corrected chi connectivity index (χ2v) is 7.76. The Labute approximate surface area is 139 Å². The number of para-hydroxylation sites is 1. The van der Waals surface area contributed by atoms with Gasteiger partial charge in [0.05, 0.1) is 10.7 Å². The van der Waals surface area contributed by atoms with Crippen molar-refractivity contribution in [3.05, 3.63) is 58.9 Å². The minimum absolute atomic E-state index is 0.00809. The maximum absolute atomic E-state index is 13.5. The number of nitrogens with zero attached hydrogens (tertiary/aromatic N) is 1. The van der Waals surface area contributed by atoms with E-state index in [2.05, 4.69) is 5.32 Å². The summed E-state index contributed by atoms with van der Waals surface area (Å²) in [6.07, 6.45) is 0. The van der Waals surface area contributed by atoms with E-state index in [0.29, 0.717) is 12.2 Å². The molecule has 2 aromatic carbocycles. The molecule has 0 amide bonds. The summed E-state index contributed by atoms with van der Waals surface area (Å²) in [5.74, 6) is -0.637. The van der Waals surface area contributed by atoms with Gasteiger partial charge in [0.25, 0.3) is 10.0 Å². The lowest BCUT2D eigenvalue weighted by molar-refractivity contribution is 0.555. The molecule has 0 fully saturated rings. The van der Waals surface area contributed by atoms with Crippen molar-refractivity contribution in [1.82, 2.24) is 5.32 Å². The Morgan fingerprint density at radius 1 is 1.26 bits per heavy atom. The zero-order valence-electron chi connectivity index (χ0n) is 12.5. The molecule has 0 radical (unpaired) electrons. The van der Waals surface area contributed by atoms with Crippen LogP contribution in [0.25, 0.3) is 0 Å². The van der Waals surface area contributed by atoms with E-state index >= 15 is 0 Å². The van der Waals surface area contributed by atoms with Crippen molar-refractivity contribution in [3.8, 4) is 0 Å². The Morgan fingerprint density at radius 2 is 2.00 bits per heavy atom. The Bertz CT molecular complexity index is 842. The summed E-state index contributed by atoms with van der Waals surface area (Å²) in [6, 6.07) is 10.6. The van der Waals surface area contributed by atoms with Gasteiger partial charge in [-0.3, -0.25) is 4.31 Å². The molecule has 0 aliphatic carbocycles. The third kappa shape index (κ3) is 3.06. The average molecular weight is 355 g/mol. The van der Waals surface area contributed by atoms with Gasteiger partial charge in [-0.25, -0.2) is 12.8 Å². The third-order valence-corrected chi connectivity index (χ3v) is 6.06. The number of sulfonamides is 1. The van der Waals surface area contributed by atoms with E-state index in [1.807, 2.05) is 19.1 Å². The molecule has 0 bridgehead atoms. The van der Waals surface area contributed by atoms with Gasteiger partial charge in [0.1, 0.15) is 10.7 Å². The summed E-state index contributed by atoms with van der Waals surface area (Å²) in [5.41, 5.74) is 1.46.